The molecular weight excluding hydrogens is 164 g/mol. The fourth-order valence-corrected chi connectivity index (χ4v) is 1.10. The zero-order valence-electron chi connectivity index (χ0n) is 7.28. The van der Waals surface area contributed by atoms with Crippen molar-refractivity contribution in [1.82, 2.24) is 15.2 Å². The molecule has 0 aliphatic carbocycles. The van der Waals surface area contributed by atoms with Crippen LogP contribution in [0.15, 0.2) is 24.4 Å². The Labute approximate surface area is 75.8 Å². The van der Waals surface area contributed by atoms with E-state index < -0.39 is 0 Å². The van der Waals surface area contributed by atoms with Crippen molar-refractivity contribution < 1.29 is 0 Å². The SMILES string of the molecule is Cc1ccc(-c2cc(N)n[nH]2)nc1. The molecule has 13 heavy (non-hydrogen) atoms. The van der Waals surface area contributed by atoms with Gasteiger partial charge in [0.1, 0.15) is 5.82 Å². The van der Waals surface area contributed by atoms with E-state index in [9.17, 15) is 0 Å². The second-order valence-corrected chi connectivity index (χ2v) is 2.93. The van der Waals surface area contributed by atoms with Crippen molar-refractivity contribution in [3.8, 4) is 11.4 Å². The van der Waals surface area contributed by atoms with Gasteiger partial charge in [0.2, 0.25) is 0 Å². The predicted molar refractivity (Wildman–Crippen MR) is 51.0 cm³/mol. The smallest absolute Gasteiger partial charge is 0.145 e. The molecule has 0 bridgehead atoms. The molecular formula is C9H10N4. The molecule has 3 N–H and O–H groups in total. The number of hydrogen-bond donors (Lipinski definition) is 2. The van der Waals surface area contributed by atoms with Gasteiger partial charge < -0.3 is 5.73 Å². The van der Waals surface area contributed by atoms with Crippen molar-refractivity contribution in [2.24, 2.45) is 0 Å². The number of nitrogens with two attached hydrogens (primary N) is 1. The Morgan fingerprint density at radius 2 is 2.23 bits per heavy atom. The van der Waals surface area contributed by atoms with Crippen LogP contribution in [0.4, 0.5) is 5.82 Å². The van der Waals surface area contributed by atoms with E-state index in [1.54, 1.807) is 6.07 Å². The van der Waals surface area contributed by atoms with Gasteiger partial charge >= 0.3 is 0 Å². The van der Waals surface area contributed by atoms with E-state index in [0.717, 1.165) is 17.0 Å². The summed E-state index contributed by atoms with van der Waals surface area (Å²) < 4.78 is 0. The van der Waals surface area contributed by atoms with Gasteiger partial charge in [0.25, 0.3) is 0 Å². The van der Waals surface area contributed by atoms with Crippen LogP contribution in [0, 0.1) is 6.92 Å². The quantitative estimate of drug-likeness (QED) is 0.686. The van der Waals surface area contributed by atoms with Gasteiger partial charge in [-0.25, -0.2) is 0 Å². The summed E-state index contributed by atoms with van der Waals surface area (Å²) in [5.41, 5.74) is 8.31. The molecule has 0 atom stereocenters. The number of hydrogen-bond acceptors (Lipinski definition) is 3. The molecule has 0 radical (unpaired) electrons. The number of nitrogens with zero attached hydrogens (tertiary/aromatic N) is 2. The molecule has 0 saturated heterocycles. The molecule has 2 aromatic heterocycles. The molecule has 0 unspecified atom stereocenters. The van der Waals surface area contributed by atoms with Crippen LogP contribution >= 0.6 is 0 Å². The first-order valence-corrected chi connectivity index (χ1v) is 3.99. The normalized spacial score (nSPS) is 10.2. The molecule has 2 heterocycles. The Balaban J connectivity index is 2.41. The minimum absolute atomic E-state index is 0.484. The largest absolute Gasteiger partial charge is 0.382 e. The minimum atomic E-state index is 0.484. The van der Waals surface area contributed by atoms with E-state index in [1.165, 1.54) is 0 Å². The van der Waals surface area contributed by atoms with Crippen LogP contribution in [0.2, 0.25) is 0 Å². The number of aryl methyl sites for hydroxylation is 1. The van der Waals surface area contributed by atoms with Crippen LogP contribution in [0.5, 0.6) is 0 Å². The molecule has 66 valence electrons. The fourth-order valence-electron chi connectivity index (χ4n) is 1.10. The van der Waals surface area contributed by atoms with Crippen LogP contribution in [0.25, 0.3) is 11.4 Å². The van der Waals surface area contributed by atoms with Crippen molar-refractivity contribution in [3.63, 3.8) is 0 Å². The summed E-state index contributed by atoms with van der Waals surface area (Å²) in [6.45, 7) is 2.00. The molecule has 0 saturated carbocycles. The Kier molecular flexibility index (Phi) is 1.73. The van der Waals surface area contributed by atoms with Gasteiger partial charge in [0.15, 0.2) is 0 Å². The maximum atomic E-state index is 5.48. The van der Waals surface area contributed by atoms with Crippen molar-refractivity contribution in [3.05, 3.63) is 30.0 Å². The molecule has 2 aromatic rings. The van der Waals surface area contributed by atoms with E-state index in [0.29, 0.717) is 5.82 Å². The van der Waals surface area contributed by atoms with Crippen LogP contribution in [0.1, 0.15) is 5.56 Å². The summed E-state index contributed by atoms with van der Waals surface area (Å²) in [6.07, 6.45) is 1.81. The van der Waals surface area contributed by atoms with E-state index in [-0.39, 0.29) is 0 Å². The maximum absolute atomic E-state index is 5.48. The third-order valence-electron chi connectivity index (χ3n) is 1.78. The van der Waals surface area contributed by atoms with Gasteiger partial charge in [0.05, 0.1) is 11.4 Å². The highest BCUT2D eigenvalue weighted by Gasteiger charge is 2.01. The summed E-state index contributed by atoms with van der Waals surface area (Å²) in [7, 11) is 0. The topological polar surface area (TPSA) is 67.6 Å². The van der Waals surface area contributed by atoms with Crippen LogP contribution in [-0.2, 0) is 0 Å². The molecule has 0 amide bonds. The second kappa shape index (κ2) is 2.90. The lowest BCUT2D eigenvalue weighted by atomic mass is 10.2. The van der Waals surface area contributed by atoms with Crippen molar-refractivity contribution >= 4 is 5.82 Å². The maximum Gasteiger partial charge on any atom is 0.145 e. The summed E-state index contributed by atoms with van der Waals surface area (Å²) in [5.74, 6) is 0.484. The first kappa shape index (κ1) is 7.79. The van der Waals surface area contributed by atoms with Crippen LogP contribution < -0.4 is 5.73 Å². The van der Waals surface area contributed by atoms with Crippen LogP contribution in [-0.4, -0.2) is 15.2 Å². The predicted octanol–water partition coefficient (Wildman–Crippen LogP) is 1.36. The second-order valence-electron chi connectivity index (χ2n) is 2.93. The Hall–Kier alpha value is -1.84. The van der Waals surface area contributed by atoms with Crippen molar-refractivity contribution in [1.29, 1.82) is 0 Å². The summed E-state index contributed by atoms with van der Waals surface area (Å²) in [4.78, 5) is 4.24. The molecule has 0 fully saturated rings. The molecule has 0 aliphatic rings. The fraction of sp³-hybridized carbons (Fsp3) is 0.111. The van der Waals surface area contributed by atoms with Crippen molar-refractivity contribution in [2.75, 3.05) is 5.73 Å². The Morgan fingerprint density at radius 3 is 2.77 bits per heavy atom. The summed E-state index contributed by atoms with van der Waals surface area (Å²) in [6, 6.07) is 5.69. The van der Waals surface area contributed by atoms with E-state index in [4.69, 9.17) is 5.73 Å². The van der Waals surface area contributed by atoms with E-state index >= 15 is 0 Å². The lowest BCUT2D eigenvalue weighted by Crippen LogP contribution is -1.83. The highest BCUT2D eigenvalue weighted by atomic mass is 15.2. The molecule has 4 nitrogen and oxygen atoms in total. The zero-order valence-corrected chi connectivity index (χ0v) is 7.28. The standard InChI is InChI=1S/C9H10N4/c1-6-2-3-7(11-5-6)8-4-9(10)13-12-8/h2-5H,1H3,(H3,10,12,13). The third kappa shape index (κ3) is 1.51. The van der Waals surface area contributed by atoms with Gasteiger partial charge in [0, 0.05) is 12.3 Å². The summed E-state index contributed by atoms with van der Waals surface area (Å²) in [5, 5.41) is 6.63. The number of H-pyrrole nitrogens is 1. The number of nitrogens with one attached hydrogen (secondary N) is 1. The highest BCUT2D eigenvalue weighted by molar-refractivity contribution is 5.57. The third-order valence-corrected chi connectivity index (χ3v) is 1.78. The average Bonchev–Trinajstić information content (AvgIpc) is 2.53. The average molecular weight is 174 g/mol. The Morgan fingerprint density at radius 1 is 1.38 bits per heavy atom. The van der Waals surface area contributed by atoms with Gasteiger partial charge in [-0.15, -0.1) is 0 Å². The molecule has 0 spiro atoms. The van der Waals surface area contributed by atoms with Gasteiger partial charge in [-0.05, 0) is 18.6 Å². The number of aromatic nitrogens is 3. The monoisotopic (exact) mass is 174 g/mol. The van der Waals surface area contributed by atoms with Crippen LogP contribution in [0.3, 0.4) is 0 Å². The lowest BCUT2D eigenvalue weighted by molar-refractivity contribution is 1.09. The Bertz CT molecular complexity index is 402. The lowest BCUT2D eigenvalue weighted by Gasteiger charge is -1.95. The number of rotatable bonds is 1. The van der Waals surface area contributed by atoms with Crippen molar-refractivity contribution in [2.45, 2.75) is 6.92 Å². The minimum Gasteiger partial charge on any atom is -0.382 e. The van der Waals surface area contributed by atoms with E-state index in [2.05, 4.69) is 15.2 Å². The van der Waals surface area contributed by atoms with Gasteiger partial charge in [-0.3, -0.25) is 10.1 Å². The number of nitrogen functional groups attached to an aromatic ring is 1. The zero-order chi connectivity index (χ0) is 9.26. The first-order chi connectivity index (χ1) is 6.25. The highest BCUT2D eigenvalue weighted by Crippen LogP contribution is 2.15. The van der Waals surface area contributed by atoms with Gasteiger partial charge in [-0.2, -0.15) is 5.10 Å². The van der Waals surface area contributed by atoms with Gasteiger partial charge in [-0.1, -0.05) is 6.07 Å². The number of pyridine rings is 1. The van der Waals surface area contributed by atoms with E-state index in [1.807, 2.05) is 25.3 Å². The summed E-state index contributed by atoms with van der Waals surface area (Å²) >= 11 is 0. The molecule has 0 aliphatic heterocycles. The number of anilines is 1. The molecule has 0 aromatic carbocycles. The first-order valence-electron chi connectivity index (χ1n) is 3.99. The number of aromatic amines is 1. The molecule has 4 heteroatoms. The molecule has 2 rings (SSSR count).